The van der Waals surface area contributed by atoms with Gasteiger partial charge in [-0.15, -0.1) is 0 Å². The maximum Gasteiger partial charge on any atom is 0.464 e. The van der Waals surface area contributed by atoms with Crippen molar-refractivity contribution < 1.29 is 42.1 Å². The molecule has 1 aliphatic heterocycles. The summed E-state index contributed by atoms with van der Waals surface area (Å²) in [7, 11) is -4.42. The van der Waals surface area contributed by atoms with Gasteiger partial charge in [0.05, 0.1) is 17.9 Å². The largest absolute Gasteiger partial charge is 0.739 e. The summed E-state index contributed by atoms with van der Waals surface area (Å²) in [6.07, 6.45) is 0.334. The van der Waals surface area contributed by atoms with Crippen LogP contribution in [0.25, 0.3) is 11.0 Å². The van der Waals surface area contributed by atoms with Gasteiger partial charge in [-0.25, -0.2) is 9.94 Å². The van der Waals surface area contributed by atoms with E-state index in [1.807, 2.05) is 0 Å². The number of halogens is 1. The van der Waals surface area contributed by atoms with Gasteiger partial charge in [0.15, 0.2) is 5.52 Å². The molecule has 1 saturated heterocycles. The Hall–Kier alpha value is -3.56. The molecule has 3 aromatic rings. The lowest BCUT2D eigenvalue weighted by Crippen LogP contribution is -2.46. The highest BCUT2D eigenvalue weighted by molar-refractivity contribution is 9.10. The number of piperidine rings is 1. The van der Waals surface area contributed by atoms with Crippen molar-refractivity contribution in [2.75, 3.05) is 25.0 Å². The Morgan fingerprint density at radius 1 is 1.19 bits per heavy atom. The topological polar surface area (TPSA) is 177 Å². The number of aromatic nitrogens is 3. The maximum absolute atomic E-state index is 12.7. The maximum atomic E-state index is 12.7. The van der Waals surface area contributed by atoms with E-state index in [0.29, 0.717) is 40.0 Å². The van der Waals surface area contributed by atoms with Crippen LogP contribution in [0.1, 0.15) is 29.6 Å². The van der Waals surface area contributed by atoms with Crippen LogP contribution >= 0.6 is 15.9 Å². The Labute approximate surface area is 219 Å². The molecule has 0 radical (unpaired) electrons. The van der Waals surface area contributed by atoms with E-state index in [2.05, 4.69) is 26.3 Å². The number of nitrogens with one attached hydrogen (secondary N) is 1. The molecular weight excluding hydrogens is 574 g/mol. The summed E-state index contributed by atoms with van der Waals surface area (Å²) in [5.74, 6) is -1.08. The van der Waals surface area contributed by atoms with Crippen molar-refractivity contribution in [1.29, 1.82) is 0 Å². The molecule has 2 aromatic carbocycles. The molecule has 1 amide bonds. The van der Waals surface area contributed by atoms with Crippen molar-refractivity contribution in [1.82, 2.24) is 10.00 Å². The van der Waals surface area contributed by atoms with Crippen LogP contribution in [-0.2, 0) is 19.6 Å². The Morgan fingerprint density at radius 2 is 1.92 bits per heavy atom. The van der Waals surface area contributed by atoms with Gasteiger partial charge in [0.25, 0.3) is 16.0 Å². The predicted octanol–water partition coefficient (Wildman–Crippen LogP) is 1.05. The fourth-order valence-electron chi connectivity index (χ4n) is 3.90. The minimum Gasteiger partial charge on any atom is -0.739 e. The van der Waals surface area contributed by atoms with Crippen molar-refractivity contribution in [2.45, 2.75) is 30.3 Å². The first-order valence-electron chi connectivity index (χ1n) is 11.2. The number of esters is 1. The second-order valence-electron chi connectivity index (χ2n) is 8.30. The van der Waals surface area contributed by atoms with E-state index in [1.165, 1.54) is 35.2 Å². The quantitative estimate of drug-likeness (QED) is 0.117. The van der Waals surface area contributed by atoms with Gasteiger partial charge in [-0.3, -0.25) is 19.5 Å². The first kappa shape index (κ1) is 26.5. The molecule has 0 unspecified atom stereocenters. The highest BCUT2D eigenvalue weighted by Gasteiger charge is 2.27. The molecule has 0 bridgehead atoms. The van der Waals surface area contributed by atoms with E-state index >= 15 is 0 Å². The first-order valence-corrected chi connectivity index (χ1v) is 13.4. The van der Waals surface area contributed by atoms with Crippen LogP contribution in [0.4, 0.5) is 5.95 Å². The lowest BCUT2D eigenvalue weighted by Gasteiger charge is -2.31. The number of hydrogen-bond acceptors (Lipinski definition) is 9. The van der Waals surface area contributed by atoms with Crippen molar-refractivity contribution in [2.24, 2.45) is 0 Å². The van der Waals surface area contributed by atoms with Crippen LogP contribution in [-0.4, -0.2) is 65.8 Å². The lowest BCUT2D eigenvalue weighted by molar-refractivity contribution is -0.933. The third kappa shape index (κ3) is 6.23. The summed E-state index contributed by atoms with van der Waals surface area (Å²) in [5, 5.41) is 29.0. The molecule has 4 rings (SSSR count). The van der Waals surface area contributed by atoms with Crippen LogP contribution in [0.5, 0.6) is 0 Å². The Balaban J connectivity index is 1.26. The minimum absolute atomic E-state index is 0.0392. The molecule has 0 aliphatic carbocycles. The third-order valence-electron chi connectivity index (χ3n) is 5.77. The number of carbonyl (C=O) groups is 2. The van der Waals surface area contributed by atoms with E-state index in [4.69, 9.17) is 4.74 Å². The van der Waals surface area contributed by atoms with Gasteiger partial charge in [0.2, 0.25) is 9.94 Å². The summed E-state index contributed by atoms with van der Waals surface area (Å²) in [5.41, 5.74) is 0.508. The number of amides is 1. The van der Waals surface area contributed by atoms with Gasteiger partial charge < -0.3 is 14.8 Å². The summed E-state index contributed by atoms with van der Waals surface area (Å²) in [4.78, 5) is 26.7. The van der Waals surface area contributed by atoms with Crippen LogP contribution in [0.2, 0.25) is 0 Å². The van der Waals surface area contributed by atoms with Gasteiger partial charge in [0, 0.05) is 42.0 Å². The molecule has 15 heteroatoms. The first-order chi connectivity index (χ1) is 17.5. The Bertz CT molecular complexity index is 1460. The van der Waals surface area contributed by atoms with Crippen molar-refractivity contribution in [3.8, 4) is 0 Å². The molecule has 0 saturated carbocycles. The number of rotatable bonds is 7. The average Bonchev–Trinajstić information content (AvgIpc) is 2.86. The normalized spacial score (nSPS) is 14.5. The number of hydrogen-bond donors (Lipinski definition) is 3. The number of likely N-dealkylation sites (tertiary alicyclic amines) is 1. The van der Waals surface area contributed by atoms with Gasteiger partial charge >= 0.3 is 17.4 Å². The molecule has 0 atom stereocenters. The molecule has 3 N–H and O–H groups in total. The van der Waals surface area contributed by atoms with Crippen LogP contribution in [0, 0.1) is 5.21 Å². The lowest BCUT2D eigenvalue weighted by atomic mass is 10.1. The molecule has 1 fully saturated rings. The standard InChI is InChI=1S/C22H22BrN5O8S/c23-15-4-5-18-19(13-15)28(32)25-22(27(18)31)24-9-6-20(29)36-16-7-10-26(11-8-16)21(30)14-2-1-3-17(12-14)37(33,34)35/h1-5,12-13,16H,6-11H2,(H2-,24,25,32,33,34,35)/p+1. The van der Waals surface area contributed by atoms with Crippen molar-refractivity contribution in [3.63, 3.8) is 0 Å². The highest BCUT2D eigenvalue weighted by Crippen LogP contribution is 2.19. The van der Waals surface area contributed by atoms with Gasteiger partial charge in [-0.1, -0.05) is 22.0 Å². The Morgan fingerprint density at radius 3 is 2.62 bits per heavy atom. The second kappa shape index (κ2) is 10.8. The highest BCUT2D eigenvalue weighted by atomic mass is 79.9. The molecule has 2 heterocycles. The summed E-state index contributed by atoms with van der Waals surface area (Å²) >= 11 is 3.26. The van der Waals surface area contributed by atoms with E-state index in [0.717, 1.165) is 6.07 Å². The Kier molecular flexibility index (Phi) is 7.75. The molecule has 1 aliphatic rings. The number of fused-ring (bicyclic) bond motifs is 1. The van der Waals surface area contributed by atoms with E-state index in [9.17, 15) is 33.0 Å². The fraction of sp³-hybridized carbons (Fsp3) is 0.318. The van der Waals surface area contributed by atoms with Gasteiger partial charge in [-0.05, 0) is 30.3 Å². The van der Waals surface area contributed by atoms with Crippen molar-refractivity contribution >= 4 is 54.9 Å². The van der Waals surface area contributed by atoms with Crippen LogP contribution in [0.15, 0.2) is 51.8 Å². The zero-order chi connectivity index (χ0) is 26.7. The molecule has 0 spiro atoms. The second-order valence-corrected chi connectivity index (χ2v) is 10.6. The van der Waals surface area contributed by atoms with E-state index < -0.39 is 22.2 Å². The van der Waals surface area contributed by atoms with Crippen LogP contribution in [0.3, 0.4) is 0 Å². The van der Waals surface area contributed by atoms with Crippen molar-refractivity contribution in [3.05, 3.63) is 57.7 Å². The van der Waals surface area contributed by atoms with E-state index in [1.54, 1.807) is 6.07 Å². The fourth-order valence-corrected chi connectivity index (χ4v) is 4.78. The number of ether oxygens (including phenoxy) is 1. The predicted molar refractivity (Wildman–Crippen MR) is 130 cm³/mol. The summed E-state index contributed by atoms with van der Waals surface area (Å²) < 4.78 is 38.5. The number of anilines is 1. The number of carbonyl (C=O) groups excluding carboxylic acids is 2. The molecule has 13 nitrogen and oxygen atoms in total. The monoisotopic (exact) mass is 596 g/mol. The van der Waals surface area contributed by atoms with Gasteiger partial charge in [-0.2, -0.15) is 8.42 Å². The number of nitrogens with zero attached hydrogens (tertiary/aromatic N) is 4. The molecule has 37 heavy (non-hydrogen) atoms. The zero-order valence-electron chi connectivity index (χ0n) is 19.3. The van der Waals surface area contributed by atoms with Crippen LogP contribution < -0.4 is 14.9 Å². The third-order valence-corrected chi connectivity index (χ3v) is 7.11. The SMILES string of the molecule is O=C(CCNc1n[n+](O)c2cc(Br)ccc2[n+]1[O-])OC1CCN(C(=O)c2cccc(S(=O)(=O)O)c2)CC1. The van der Waals surface area contributed by atoms with E-state index in [-0.39, 0.29) is 46.3 Å². The number of benzene rings is 2. The van der Waals surface area contributed by atoms with Gasteiger partial charge in [0.1, 0.15) is 6.10 Å². The molecular formula is C22H23BrN5O8S+. The zero-order valence-corrected chi connectivity index (χ0v) is 21.7. The average molecular weight is 597 g/mol. The molecule has 196 valence electrons. The summed E-state index contributed by atoms with van der Waals surface area (Å²) in [6.45, 7) is 0.640. The summed E-state index contributed by atoms with van der Waals surface area (Å²) in [6, 6.07) is 9.84. The molecule has 1 aromatic heterocycles. The smallest absolute Gasteiger partial charge is 0.464 e. The minimum atomic E-state index is -4.42.